The molecule has 1 unspecified atom stereocenters. The van der Waals surface area contributed by atoms with E-state index in [1.54, 1.807) is 0 Å². The molecule has 13 heavy (non-hydrogen) atoms. The van der Waals surface area contributed by atoms with Crippen LogP contribution in [0.3, 0.4) is 0 Å². The maximum Gasteiger partial charge on any atom is 0.0163 e. The van der Waals surface area contributed by atoms with Gasteiger partial charge in [0, 0.05) is 19.6 Å². The second-order valence-electron chi connectivity index (χ2n) is 3.57. The molecule has 0 aromatic carbocycles. The summed E-state index contributed by atoms with van der Waals surface area (Å²) >= 11 is 0. The van der Waals surface area contributed by atoms with Gasteiger partial charge in [-0.15, -0.1) is 0 Å². The van der Waals surface area contributed by atoms with E-state index >= 15 is 0 Å². The van der Waals surface area contributed by atoms with Crippen LogP contribution in [-0.4, -0.2) is 31.1 Å². The van der Waals surface area contributed by atoms with Gasteiger partial charge in [-0.2, -0.15) is 0 Å². The van der Waals surface area contributed by atoms with Gasteiger partial charge in [0.05, 0.1) is 0 Å². The molecular weight excluding hydrogens is 160 g/mol. The van der Waals surface area contributed by atoms with Crippen LogP contribution in [0.1, 0.15) is 27.2 Å². The van der Waals surface area contributed by atoms with Gasteiger partial charge in [0.15, 0.2) is 0 Å². The molecule has 0 aromatic rings. The Morgan fingerprint density at radius 2 is 2.00 bits per heavy atom. The highest BCUT2D eigenvalue weighted by atomic mass is 15.1. The number of hydrogen-bond acceptors (Lipinski definition) is 2. The fourth-order valence-corrected chi connectivity index (χ4v) is 1.22. The molecule has 2 N–H and O–H groups in total. The van der Waals surface area contributed by atoms with Gasteiger partial charge in [-0.1, -0.05) is 39.3 Å². The lowest BCUT2D eigenvalue weighted by Gasteiger charge is -2.21. The van der Waals surface area contributed by atoms with E-state index in [0.29, 0.717) is 6.54 Å². The Balaban J connectivity index is 3.68. The van der Waals surface area contributed by atoms with Crippen LogP contribution in [0.2, 0.25) is 0 Å². The quantitative estimate of drug-likeness (QED) is 0.612. The first-order chi connectivity index (χ1) is 6.24. The van der Waals surface area contributed by atoms with E-state index in [0.717, 1.165) is 19.0 Å². The van der Waals surface area contributed by atoms with Crippen LogP contribution in [-0.2, 0) is 0 Å². The monoisotopic (exact) mass is 184 g/mol. The number of rotatable bonds is 7. The van der Waals surface area contributed by atoms with Crippen LogP contribution < -0.4 is 5.73 Å². The Bertz CT molecular complexity index is 132. The first kappa shape index (κ1) is 12.7. The Labute approximate surface area is 82.8 Å². The van der Waals surface area contributed by atoms with Crippen molar-refractivity contribution in [3.8, 4) is 0 Å². The van der Waals surface area contributed by atoms with Crippen LogP contribution in [0.5, 0.6) is 0 Å². The largest absolute Gasteiger partial charge is 0.327 e. The van der Waals surface area contributed by atoms with Gasteiger partial charge >= 0.3 is 0 Å². The average Bonchev–Trinajstić information content (AvgIpc) is 2.16. The van der Waals surface area contributed by atoms with Gasteiger partial charge in [-0.25, -0.2) is 0 Å². The van der Waals surface area contributed by atoms with Crippen LogP contribution in [0.4, 0.5) is 0 Å². The van der Waals surface area contributed by atoms with Crippen molar-refractivity contribution in [3.05, 3.63) is 12.2 Å². The van der Waals surface area contributed by atoms with Crippen LogP contribution in [0, 0.1) is 5.92 Å². The molecule has 0 amide bonds. The molecule has 0 saturated carbocycles. The molecule has 2 heteroatoms. The molecule has 0 radical (unpaired) electrons. The van der Waals surface area contributed by atoms with Crippen molar-refractivity contribution in [1.29, 1.82) is 0 Å². The van der Waals surface area contributed by atoms with E-state index in [4.69, 9.17) is 5.73 Å². The van der Waals surface area contributed by atoms with Crippen molar-refractivity contribution < 1.29 is 0 Å². The lowest BCUT2D eigenvalue weighted by Crippen LogP contribution is -2.28. The summed E-state index contributed by atoms with van der Waals surface area (Å²) in [5.74, 6) is 0.797. The van der Waals surface area contributed by atoms with Gasteiger partial charge in [0.2, 0.25) is 0 Å². The van der Waals surface area contributed by atoms with Crippen molar-refractivity contribution >= 4 is 0 Å². The molecule has 0 heterocycles. The zero-order valence-corrected chi connectivity index (χ0v) is 9.29. The third kappa shape index (κ3) is 6.79. The van der Waals surface area contributed by atoms with Gasteiger partial charge < -0.3 is 5.73 Å². The van der Waals surface area contributed by atoms with E-state index in [9.17, 15) is 0 Å². The summed E-state index contributed by atoms with van der Waals surface area (Å²) in [6.45, 7) is 10.8. The summed E-state index contributed by atoms with van der Waals surface area (Å²) < 4.78 is 0. The van der Waals surface area contributed by atoms with Crippen LogP contribution in [0.15, 0.2) is 12.2 Å². The Hall–Kier alpha value is -0.340. The molecule has 0 spiro atoms. The van der Waals surface area contributed by atoms with Crippen molar-refractivity contribution in [2.45, 2.75) is 27.2 Å². The minimum absolute atomic E-state index is 0.654. The normalized spacial score (nSPS) is 14.2. The smallest absolute Gasteiger partial charge is 0.0163 e. The Kier molecular flexibility index (Phi) is 8.05. The molecular formula is C11H24N2. The van der Waals surface area contributed by atoms with E-state index < -0.39 is 0 Å². The number of likely N-dealkylation sites (N-methyl/N-ethyl adjacent to an activating group) is 1. The highest BCUT2D eigenvalue weighted by molar-refractivity contribution is 4.85. The maximum absolute atomic E-state index is 5.38. The summed E-state index contributed by atoms with van der Waals surface area (Å²) in [5.41, 5.74) is 5.38. The van der Waals surface area contributed by atoms with Crippen molar-refractivity contribution in [1.82, 2.24) is 4.90 Å². The van der Waals surface area contributed by atoms with Crippen molar-refractivity contribution in [2.75, 3.05) is 26.2 Å². The number of nitrogens with two attached hydrogens (primary N) is 1. The van der Waals surface area contributed by atoms with Gasteiger partial charge in [0.25, 0.3) is 0 Å². The van der Waals surface area contributed by atoms with E-state index in [1.807, 2.05) is 6.08 Å². The minimum Gasteiger partial charge on any atom is -0.327 e. The van der Waals surface area contributed by atoms with Crippen LogP contribution >= 0.6 is 0 Å². The molecule has 0 aliphatic rings. The maximum atomic E-state index is 5.38. The van der Waals surface area contributed by atoms with E-state index in [1.165, 1.54) is 13.0 Å². The number of hydrogen-bond donors (Lipinski definition) is 1. The molecule has 78 valence electrons. The predicted octanol–water partition coefficient (Wildman–Crippen LogP) is 1.87. The predicted molar refractivity (Wildman–Crippen MR) is 59.8 cm³/mol. The first-order valence-corrected chi connectivity index (χ1v) is 5.31. The zero-order chi connectivity index (χ0) is 10.1. The third-order valence-corrected chi connectivity index (χ3v) is 2.38. The van der Waals surface area contributed by atoms with Crippen molar-refractivity contribution in [2.24, 2.45) is 11.7 Å². The highest BCUT2D eigenvalue weighted by Crippen LogP contribution is 2.03. The second-order valence-corrected chi connectivity index (χ2v) is 3.57. The molecule has 0 saturated heterocycles. The molecule has 0 bridgehead atoms. The summed E-state index contributed by atoms with van der Waals surface area (Å²) in [5, 5.41) is 0. The Morgan fingerprint density at radius 3 is 2.46 bits per heavy atom. The highest BCUT2D eigenvalue weighted by Gasteiger charge is 2.04. The summed E-state index contributed by atoms with van der Waals surface area (Å²) in [6, 6.07) is 0. The summed E-state index contributed by atoms with van der Waals surface area (Å²) in [6.07, 6.45) is 5.45. The molecule has 0 aromatic heterocycles. The number of nitrogens with zero attached hydrogens (tertiary/aromatic N) is 1. The minimum atomic E-state index is 0.654. The first-order valence-electron chi connectivity index (χ1n) is 5.31. The standard InChI is InChI=1S/C11H24N2/c1-4-11(3)10-13(5-2)9-7-6-8-12/h6-7,11H,4-5,8-10,12H2,1-3H3. The Morgan fingerprint density at radius 1 is 1.31 bits per heavy atom. The molecule has 2 nitrogen and oxygen atoms in total. The zero-order valence-electron chi connectivity index (χ0n) is 9.29. The third-order valence-electron chi connectivity index (χ3n) is 2.38. The molecule has 0 fully saturated rings. The van der Waals surface area contributed by atoms with Crippen molar-refractivity contribution in [3.63, 3.8) is 0 Å². The van der Waals surface area contributed by atoms with E-state index in [-0.39, 0.29) is 0 Å². The van der Waals surface area contributed by atoms with E-state index in [2.05, 4.69) is 31.7 Å². The SMILES string of the molecule is CCC(C)CN(CC)CC=CCN. The average molecular weight is 184 g/mol. The molecule has 0 aliphatic heterocycles. The molecule has 0 rings (SSSR count). The summed E-state index contributed by atoms with van der Waals surface area (Å²) in [7, 11) is 0. The van der Waals surface area contributed by atoms with Gasteiger partial charge in [0.1, 0.15) is 0 Å². The van der Waals surface area contributed by atoms with Gasteiger partial charge in [-0.3, -0.25) is 4.90 Å². The lowest BCUT2D eigenvalue weighted by molar-refractivity contribution is 0.269. The molecule has 0 aliphatic carbocycles. The lowest BCUT2D eigenvalue weighted by atomic mass is 10.1. The topological polar surface area (TPSA) is 29.3 Å². The fraction of sp³-hybridized carbons (Fsp3) is 0.818. The second kappa shape index (κ2) is 8.27. The van der Waals surface area contributed by atoms with Gasteiger partial charge in [-0.05, 0) is 12.5 Å². The van der Waals surface area contributed by atoms with Crippen LogP contribution in [0.25, 0.3) is 0 Å². The molecule has 1 atom stereocenters. The summed E-state index contributed by atoms with van der Waals surface area (Å²) in [4.78, 5) is 2.44. The fourth-order valence-electron chi connectivity index (χ4n) is 1.22.